The molecule has 98 valence electrons. The SMILES string of the molecule is COCCC(N)C(=O)NC1(C(=O)O)CCOC1. The Morgan fingerprint density at radius 3 is 2.82 bits per heavy atom. The molecule has 0 aromatic heterocycles. The Bertz CT molecular complexity index is 288. The Morgan fingerprint density at radius 1 is 1.65 bits per heavy atom. The van der Waals surface area contributed by atoms with E-state index in [1.165, 1.54) is 7.11 Å². The van der Waals surface area contributed by atoms with E-state index in [9.17, 15) is 9.59 Å². The lowest BCUT2D eigenvalue weighted by Crippen LogP contribution is -2.58. The molecule has 1 aliphatic heterocycles. The zero-order valence-electron chi connectivity index (χ0n) is 9.77. The maximum atomic E-state index is 11.7. The van der Waals surface area contributed by atoms with Gasteiger partial charge in [-0.25, -0.2) is 4.79 Å². The molecule has 7 nitrogen and oxygen atoms in total. The van der Waals surface area contributed by atoms with E-state index in [1.54, 1.807) is 0 Å². The van der Waals surface area contributed by atoms with Gasteiger partial charge in [0.15, 0.2) is 5.54 Å². The van der Waals surface area contributed by atoms with Crippen LogP contribution in [0.5, 0.6) is 0 Å². The van der Waals surface area contributed by atoms with E-state index in [2.05, 4.69) is 5.32 Å². The third kappa shape index (κ3) is 3.39. The van der Waals surface area contributed by atoms with E-state index in [0.29, 0.717) is 19.6 Å². The quantitative estimate of drug-likeness (QED) is 0.538. The van der Waals surface area contributed by atoms with E-state index in [1.807, 2.05) is 0 Å². The molecule has 0 aromatic rings. The number of aliphatic carboxylic acids is 1. The molecule has 4 N–H and O–H groups in total. The molecule has 0 radical (unpaired) electrons. The minimum atomic E-state index is -1.33. The van der Waals surface area contributed by atoms with Crippen LogP contribution in [-0.4, -0.2) is 55.5 Å². The lowest BCUT2D eigenvalue weighted by Gasteiger charge is -2.25. The Labute approximate surface area is 99.3 Å². The minimum absolute atomic E-state index is 0.0227. The molecule has 0 bridgehead atoms. The van der Waals surface area contributed by atoms with Crippen molar-refractivity contribution >= 4 is 11.9 Å². The number of nitrogens with two attached hydrogens (primary N) is 1. The fraction of sp³-hybridized carbons (Fsp3) is 0.800. The summed E-state index contributed by atoms with van der Waals surface area (Å²) in [6.07, 6.45) is 0.601. The zero-order chi connectivity index (χ0) is 12.9. The van der Waals surface area contributed by atoms with Crippen molar-refractivity contribution in [2.75, 3.05) is 26.9 Å². The highest BCUT2D eigenvalue weighted by molar-refractivity contribution is 5.89. The second kappa shape index (κ2) is 5.95. The molecule has 2 unspecified atom stereocenters. The largest absolute Gasteiger partial charge is 0.479 e. The second-order valence-electron chi connectivity index (χ2n) is 4.07. The highest BCUT2D eigenvalue weighted by atomic mass is 16.5. The Balaban J connectivity index is 2.56. The molecule has 17 heavy (non-hydrogen) atoms. The fourth-order valence-electron chi connectivity index (χ4n) is 1.59. The van der Waals surface area contributed by atoms with Gasteiger partial charge in [0.05, 0.1) is 12.6 Å². The molecule has 1 amide bonds. The third-order valence-electron chi connectivity index (χ3n) is 2.76. The lowest BCUT2D eigenvalue weighted by molar-refractivity contribution is -0.147. The molecule has 0 spiro atoms. The average Bonchev–Trinajstić information content (AvgIpc) is 2.75. The van der Waals surface area contributed by atoms with Gasteiger partial charge in [-0.2, -0.15) is 0 Å². The first-order valence-corrected chi connectivity index (χ1v) is 5.39. The molecule has 7 heteroatoms. The van der Waals surface area contributed by atoms with Crippen LogP contribution >= 0.6 is 0 Å². The first kappa shape index (κ1) is 13.9. The van der Waals surface area contributed by atoms with Crippen LogP contribution in [-0.2, 0) is 19.1 Å². The van der Waals surface area contributed by atoms with Crippen molar-refractivity contribution in [1.82, 2.24) is 5.32 Å². The monoisotopic (exact) mass is 246 g/mol. The number of rotatable bonds is 6. The smallest absolute Gasteiger partial charge is 0.331 e. The van der Waals surface area contributed by atoms with Gasteiger partial charge in [-0.15, -0.1) is 0 Å². The number of carbonyl (C=O) groups excluding carboxylic acids is 1. The average molecular weight is 246 g/mol. The van der Waals surface area contributed by atoms with Crippen LogP contribution in [0.3, 0.4) is 0 Å². The van der Waals surface area contributed by atoms with E-state index >= 15 is 0 Å². The van der Waals surface area contributed by atoms with Crippen molar-refractivity contribution in [1.29, 1.82) is 0 Å². The van der Waals surface area contributed by atoms with E-state index in [-0.39, 0.29) is 13.0 Å². The van der Waals surface area contributed by atoms with Gasteiger partial charge in [0.1, 0.15) is 0 Å². The molecule has 2 atom stereocenters. The normalized spacial score (nSPS) is 25.5. The van der Waals surface area contributed by atoms with Gasteiger partial charge in [-0.05, 0) is 6.42 Å². The first-order valence-electron chi connectivity index (χ1n) is 5.39. The third-order valence-corrected chi connectivity index (χ3v) is 2.76. The molecule has 0 saturated carbocycles. The molecule has 1 rings (SSSR count). The van der Waals surface area contributed by atoms with Gasteiger partial charge in [0, 0.05) is 26.7 Å². The standard InChI is InChI=1S/C10H18N2O5/c1-16-4-2-7(11)8(13)12-10(9(14)15)3-5-17-6-10/h7H,2-6,11H2,1H3,(H,12,13)(H,14,15). The summed E-state index contributed by atoms with van der Waals surface area (Å²) >= 11 is 0. The molecular weight excluding hydrogens is 228 g/mol. The van der Waals surface area contributed by atoms with Crippen LogP contribution in [0.1, 0.15) is 12.8 Å². The number of hydrogen-bond donors (Lipinski definition) is 3. The van der Waals surface area contributed by atoms with Crippen molar-refractivity contribution in [2.24, 2.45) is 5.73 Å². The number of hydrogen-bond acceptors (Lipinski definition) is 5. The number of carbonyl (C=O) groups is 2. The lowest BCUT2D eigenvalue weighted by atomic mass is 9.98. The van der Waals surface area contributed by atoms with Crippen molar-refractivity contribution in [2.45, 2.75) is 24.4 Å². The summed E-state index contributed by atoms with van der Waals surface area (Å²) in [5, 5.41) is 11.6. The summed E-state index contributed by atoms with van der Waals surface area (Å²) < 4.78 is 9.83. The second-order valence-corrected chi connectivity index (χ2v) is 4.07. The Morgan fingerprint density at radius 2 is 2.35 bits per heavy atom. The first-order chi connectivity index (χ1) is 8.02. The summed E-state index contributed by atoms with van der Waals surface area (Å²) in [4.78, 5) is 22.8. The highest BCUT2D eigenvalue weighted by Gasteiger charge is 2.44. The zero-order valence-corrected chi connectivity index (χ0v) is 9.77. The van der Waals surface area contributed by atoms with Gasteiger partial charge >= 0.3 is 5.97 Å². The van der Waals surface area contributed by atoms with Gasteiger partial charge in [0.25, 0.3) is 0 Å². The molecule has 1 fully saturated rings. The Kier molecular flexibility index (Phi) is 4.86. The summed E-state index contributed by atoms with van der Waals surface area (Å²) in [6.45, 7) is 0.649. The van der Waals surface area contributed by atoms with E-state index in [0.717, 1.165) is 0 Å². The highest BCUT2D eigenvalue weighted by Crippen LogP contribution is 2.19. The molecule has 0 aromatic carbocycles. The van der Waals surface area contributed by atoms with Crippen molar-refractivity contribution in [3.63, 3.8) is 0 Å². The van der Waals surface area contributed by atoms with Crippen LogP contribution in [0.15, 0.2) is 0 Å². The van der Waals surface area contributed by atoms with Gasteiger partial charge < -0.3 is 25.6 Å². The van der Waals surface area contributed by atoms with Gasteiger partial charge in [-0.3, -0.25) is 4.79 Å². The van der Waals surface area contributed by atoms with Crippen molar-refractivity contribution in [3.05, 3.63) is 0 Å². The summed E-state index contributed by atoms with van der Waals surface area (Å²) in [7, 11) is 1.51. The van der Waals surface area contributed by atoms with E-state index in [4.69, 9.17) is 20.3 Å². The van der Waals surface area contributed by atoms with E-state index < -0.39 is 23.5 Å². The van der Waals surface area contributed by atoms with Crippen LogP contribution in [0, 0.1) is 0 Å². The number of amides is 1. The number of carboxylic acid groups (broad SMARTS) is 1. The van der Waals surface area contributed by atoms with Crippen LogP contribution in [0.25, 0.3) is 0 Å². The molecule has 1 saturated heterocycles. The van der Waals surface area contributed by atoms with Crippen LogP contribution in [0.4, 0.5) is 0 Å². The number of carboxylic acids is 1. The number of ether oxygens (including phenoxy) is 2. The van der Waals surface area contributed by atoms with Crippen LogP contribution in [0.2, 0.25) is 0 Å². The predicted molar refractivity (Wildman–Crippen MR) is 58.4 cm³/mol. The molecule has 1 aliphatic rings. The summed E-state index contributed by atoms with van der Waals surface area (Å²) in [6, 6.07) is -0.772. The number of methoxy groups -OCH3 is 1. The minimum Gasteiger partial charge on any atom is -0.479 e. The molecule has 1 heterocycles. The molecule has 0 aliphatic carbocycles. The maximum Gasteiger partial charge on any atom is 0.331 e. The topological polar surface area (TPSA) is 111 Å². The Hall–Kier alpha value is -1.18. The predicted octanol–water partition coefficient (Wildman–Crippen LogP) is -1.29. The van der Waals surface area contributed by atoms with Crippen LogP contribution < -0.4 is 11.1 Å². The van der Waals surface area contributed by atoms with Gasteiger partial charge in [-0.1, -0.05) is 0 Å². The van der Waals surface area contributed by atoms with Gasteiger partial charge in [0.2, 0.25) is 5.91 Å². The maximum absolute atomic E-state index is 11.7. The van der Waals surface area contributed by atoms with Crippen molar-refractivity contribution in [3.8, 4) is 0 Å². The van der Waals surface area contributed by atoms with Crippen molar-refractivity contribution < 1.29 is 24.2 Å². The fourth-order valence-corrected chi connectivity index (χ4v) is 1.59. The summed E-state index contributed by atoms with van der Waals surface area (Å²) in [5.41, 5.74) is 4.28. The summed E-state index contributed by atoms with van der Waals surface area (Å²) in [5.74, 6) is -1.59. The number of nitrogens with one attached hydrogen (secondary N) is 1. The molecular formula is C10H18N2O5.